The fraction of sp³-hybridized carbons (Fsp3) is 0.400. The van der Waals surface area contributed by atoms with E-state index in [9.17, 15) is 14.7 Å². The van der Waals surface area contributed by atoms with Crippen molar-refractivity contribution in [3.05, 3.63) is 64.7 Å². The Hall–Kier alpha value is -3.55. The molecule has 2 amide bonds. The van der Waals surface area contributed by atoms with Crippen molar-refractivity contribution < 1.29 is 14.7 Å². The van der Waals surface area contributed by atoms with Gasteiger partial charge < -0.3 is 27.2 Å². The first-order valence-electron chi connectivity index (χ1n) is 11.1. The minimum Gasteiger partial charge on any atom is -0.508 e. The lowest BCUT2D eigenvalue weighted by atomic mass is 9.95. The Morgan fingerprint density at radius 3 is 2.18 bits per heavy atom. The molecule has 3 atom stereocenters. The van der Waals surface area contributed by atoms with Crippen molar-refractivity contribution in [2.24, 2.45) is 22.4 Å². The van der Waals surface area contributed by atoms with Crippen molar-refractivity contribution in [1.82, 2.24) is 10.6 Å². The van der Waals surface area contributed by atoms with Crippen LogP contribution in [0.15, 0.2) is 47.5 Å². The molecule has 0 saturated carbocycles. The number of nitrogens with two attached hydrogens (primary N) is 2. The van der Waals surface area contributed by atoms with Crippen molar-refractivity contribution in [2.75, 3.05) is 6.54 Å². The lowest BCUT2D eigenvalue weighted by Gasteiger charge is -2.20. The number of benzene rings is 2. The average molecular weight is 454 g/mol. The third-order valence-corrected chi connectivity index (χ3v) is 5.49. The van der Waals surface area contributed by atoms with Gasteiger partial charge >= 0.3 is 0 Å². The van der Waals surface area contributed by atoms with E-state index in [-0.39, 0.29) is 30.0 Å². The molecular weight excluding hydrogens is 418 g/mol. The standard InChI is InChI=1S/C25H35N5O3/c1-15(10-19-8-6-5-7-9-19)14-28-23(32)18(4)29-24(33)22(30-25(26)27)13-21-16(2)11-20(31)12-17(21)3/h5-9,11-12,15,18,22,31H,10,13-14H2,1-4H3,(H,28,32)(H,29,33)(H4,26,27,30). The molecule has 178 valence electrons. The zero-order valence-corrected chi connectivity index (χ0v) is 19.8. The first kappa shape index (κ1) is 25.7. The summed E-state index contributed by atoms with van der Waals surface area (Å²) in [7, 11) is 0. The van der Waals surface area contributed by atoms with Crippen LogP contribution in [0.25, 0.3) is 0 Å². The summed E-state index contributed by atoms with van der Waals surface area (Å²) in [5.74, 6) is -0.535. The summed E-state index contributed by atoms with van der Waals surface area (Å²) in [5, 5.41) is 15.4. The number of guanidine groups is 1. The van der Waals surface area contributed by atoms with E-state index in [1.54, 1.807) is 19.1 Å². The average Bonchev–Trinajstić information content (AvgIpc) is 2.73. The third-order valence-electron chi connectivity index (χ3n) is 5.49. The van der Waals surface area contributed by atoms with E-state index in [0.29, 0.717) is 6.54 Å². The zero-order valence-electron chi connectivity index (χ0n) is 19.8. The highest BCUT2D eigenvalue weighted by Crippen LogP contribution is 2.22. The predicted octanol–water partition coefficient (Wildman–Crippen LogP) is 1.69. The van der Waals surface area contributed by atoms with Gasteiger partial charge in [-0.1, -0.05) is 37.3 Å². The van der Waals surface area contributed by atoms with E-state index < -0.39 is 18.0 Å². The molecule has 8 nitrogen and oxygen atoms in total. The Labute approximate surface area is 195 Å². The Balaban J connectivity index is 1.97. The molecule has 3 unspecified atom stereocenters. The molecule has 0 aliphatic carbocycles. The first-order chi connectivity index (χ1) is 15.6. The number of carbonyl (C=O) groups is 2. The normalized spacial score (nSPS) is 13.5. The molecule has 0 bridgehead atoms. The van der Waals surface area contributed by atoms with Crippen LogP contribution in [0.4, 0.5) is 0 Å². The number of hydrogen-bond acceptors (Lipinski definition) is 4. The summed E-state index contributed by atoms with van der Waals surface area (Å²) in [5.41, 5.74) is 14.8. The largest absolute Gasteiger partial charge is 0.508 e. The minimum atomic E-state index is -0.899. The molecule has 0 aliphatic rings. The molecule has 8 heteroatoms. The molecule has 33 heavy (non-hydrogen) atoms. The summed E-state index contributed by atoms with van der Waals surface area (Å²) in [6.07, 6.45) is 1.09. The number of aliphatic imine (C=N–C) groups is 1. The van der Waals surface area contributed by atoms with Crippen LogP contribution in [0, 0.1) is 19.8 Å². The number of aryl methyl sites for hydroxylation is 2. The van der Waals surface area contributed by atoms with Gasteiger partial charge in [-0.25, -0.2) is 4.99 Å². The molecule has 2 aromatic carbocycles. The van der Waals surface area contributed by atoms with Crippen LogP contribution >= 0.6 is 0 Å². The number of nitrogens with zero attached hydrogens (tertiary/aromatic N) is 1. The number of carbonyl (C=O) groups excluding carboxylic acids is 2. The summed E-state index contributed by atoms with van der Waals surface area (Å²) >= 11 is 0. The maximum atomic E-state index is 12.9. The van der Waals surface area contributed by atoms with Crippen LogP contribution in [-0.4, -0.2) is 41.5 Å². The molecule has 2 rings (SSSR count). The highest BCUT2D eigenvalue weighted by atomic mass is 16.3. The van der Waals surface area contributed by atoms with Crippen LogP contribution < -0.4 is 22.1 Å². The molecule has 7 N–H and O–H groups in total. The van der Waals surface area contributed by atoms with Gasteiger partial charge in [0.1, 0.15) is 17.8 Å². The molecule has 0 aliphatic heterocycles. The van der Waals surface area contributed by atoms with Gasteiger partial charge in [0.2, 0.25) is 11.8 Å². The van der Waals surface area contributed by atoms with Crippen molar-refractivity contribution in [3.8, 4) is 5.75 Å². The Kier molecular flexibility index (Phi) is 9.27. The zero-order chi connectivity index (χ0) is 24.5. The number of rotatable bonds is 10. The van der Waals surface area contributed by atoms with Gasteiger partial charge in [-0.15, -0.1) is 0 Å². The second-order valence-electron chi connectivity index (χ2n) is 8.60. The van der Waals surface area contributed by atoms with Crippen LogP contribution in [0.1, 0.15) is 36.1 Å². The molecule has 2 aromatic rings. The molecular formula is C25H35N5O3. The van der Waals surface area contributed by atoms with Crippen molar-refractivity contribution >= 4 is 17.8 Å². The van der Waals surface area contributed by atoms with Gasteiger partial charge in [0.25, 0.3) is 0 Å². The van der Waals surface area contributed by atoms with Crippen molar-refractivity contribution in [3.63, 3.8) is 0 Å². The highest BCUT2D eigenvalue weighted by Gasteiger charge is 2.24. The van der Waals surface area contributed by atoms with Gasteiger partial charge in [0.15, 0.2) is 5.96 Å². The monoisotopic (exact) mass is 453 g/mol. The molecule has 0 spiro atoms. The van der Waals surface area contributed by atoms with Crippen molar-refractivity contribution in [1.29, 1.82) is 0 Å². The second kappa shape index (κ2) is 11.9. The van der Waals surface area contributed by atoms with E-state index in [1.807, 2.05) is 32.0 Å². The number of nitrogens with one attached hydrogen (secondary N) is 2. The van der Waals surface area contributed by atoms with E-state index in [0.717, 1.165) is 23.1 Å². The molecule has 0 saturated heterocycles. The molecule has 0 aromatic heterocycles. The molecule has 0 fully saturated rings. The smallest absolute Gasteiger partial charge is 0.245 e. The lowest BCUT2D eigenvalue weighted by molar-refractivity contribution is -0.129. The predicted molar refractivity (Wildman–Crippen MR) is 131 cm³/mol. The third kappa shape index (κ3) is 8.14. The number of amides is 2. The van der Waals surface area contributed by atoms with E-state index in [4.69, 9.17) is 11.5 Å². The van der Waals surface area contributed by atoms with Gasteiger partial charge in [-0.3, -0.25) is 9.59 Å². The van der Waals surface area contributed by atoms with Gasteiger partial charge in [-0.2, -0.15) is 0 Å². The number of aromatic hydroxyl groups is 1. The topological polar surface area (TPSA) is 143 Å². The summed E-state index contributed by atoms with van der Waals surface area (Å²) in [6, 6.07) is 11.7. The van der Waals surface area contributed by atoms with Crippen LogP contribution in [-0.2, 0) is 22.4 Å². The SMILES string of the molecule is Cc1cc(O)cc(C)c1CC(N=C(N)N)C(=O)NC(C)C(=O)NCC(C)Cc1ccccc1. The van der Waals surface area contributed by atoms with E-state index in [2.05, 4.69) is 34.7 Å². The van der Waals surface area contributed by atoms with E-state index in [1.165, 1.54) is 5.56 Å². The van der Waals surface area contributed by atoms with Gasteiger partial charge in [0.05, 0.1) is 0 Å². The Morgan fingerprint density at radius 2 is 1.61 bits per heavy atom. The van der Waals surface area contributed by atoms with Crippen LogP contribution in [0.2, 0.25) is 0 Å². The molecule has 0 radical (unpaired) electrons. The minimum absolute atomic E-state index is 0.156. The van der Waals surface area contributed by atoms with Crippen LogP contribution in [0.3, 0.4) is 0 Å². The number of hydrogen-bond donors (Lipinski definition) is 5. The fourth-order valence-electron chi connectivity index (χ4n) is 3.75. The Morgan fingerprint density at radius 1 is 1.00 bits per heavy atom. The summed E-state index contributed by atoms with van der Waals surface area (Å²) in [6.45, 7) is 7.88. The van der Waals surface area contributed by atoms with Crippen molar-refractivity contribution in [2.45, 2.75) is 52.6 Å². The number of phenols is 1. The maximum absolute atomic E-state index is 12.9. The fourth-order valence-corrected chi connectivity index (χ4v) is 3.75. The molecule has 0 heterocycles. The lowest BCUT2D eigenvalue weighted by Crippen LogP contribution is -2.49. The quantitative estimate of drug-likeness (QED) is 0.275. The Bertz CT molecular complexity index is 964. The maximum Gasteiger partial charge on any atom is 0.245 e. The number of phenolic OH excluding ortho intramolecular Hbond substituents is 1. The second-order valence-corrected chi connectivity index (χ2v) is 8.60. The first-order valence-corrected chi connectivity index (χ1v) is 11.1. The van der Waals surface area contributed by atoms with Crippen LogP contribution in [0.5, 0.6) is 5.75 Å². The van der Waals surface area contributed by atoms with Gasteiger partial charge in [0, 0.05) is 13.0 Å². The van der Waals surface area contributed by atoms with E-state index >= 15 is 0 Å². The summed E-state index contributed by atoms with van der Waals surface area (Å²) in [4.78, 5) is 29.5. The highest BCUT2D eigenvalue weighted by molar-refractivity contribution is 5.91. The van der Waals surface area contributed by atoms with Gasteiger partial charge in [-0.05, 0) is 67.5 Å². The summed E-state index contributed by atoms with van der Waals surface area (Å²) < 4.78 is 0.